The lowest BCUT2D eigenvalue weighted by atomic mass is 10.2. The Kier molecular flexibility index (Phi) is 4.92. The Hall–Kier alpha value is -1.42. The first-order chi connectivity index (χ1) is 7.63. The van der Waals surface area contributed by atoms with E-state index >= 15 is 0 Å². The van der Waals surface area contributed by atoms with Crippen LogP contribution in [-0.4, -0.2) is 31.1 Å². The summed E-state index contributed by atoms with van der Waals surface area (Å²) in [5.41, 5.74) is 0.578. The van der Waals surface area contributed by atoms with Crippen molar-refractivity contribution in [2.75, 3.05) is 20.2 Å². The molecule has 0 amide bonds. The Morgan fingerprint density at radius 2 is 2.12 bits per heavy atom. The van der Waals surface area contributed by atoms with Crippen molar-refractivity contribution in [1.82, 2.24) is 4.90 Å². The molecule has 1 rings (SSSR count). The van der Waals surface area contributed by atoms with E-state index < -0.39 is 0 Å². The molecular formula is C12H16FNO2. The summed E-state index contributed by atoms with van der Waals surface area (Å²) in [5, 5.41) is 0. The Bertz CT molecular complexity index is 355. The van der Waals surface area contributed by atoms with Crippen molar-refractivity contribution < 1.29 is 13.9 Å². The summed E-state index contributed by atoms with van der Waals surface area (Å²) < 4.78 is 18.1. The molecule has 0 aliphatic carbocycles. The van der Waals surface area contributed by atoms with E-state index in [2.05, 4.69) is 0 Å². The second-order valence-corrected chi connectivity index (χ2v) is 3.57. The molecule has 0 aliphatic heterocycles. The number of hydrogen-bond acceptors (Lipinski definition) is 3. The van der Waals surface area contributed by atoms with Gasteiger partial charge in [-0.25, -0.2) is 4.39 Å². The highest BCUT2D eigenvalue weighted by molar-refractivity contribution is 5.71. The van der Waals surface area contributed by atoms with Gasteiger partial charge in [-0.2, -0.15) is 0 Å². The molecule has 1 aromatic rings. The van der Waals surface area contributed by atoms with Crippen molar-refractivity contribution in [3.05, 3.63) is 35.6 Å². The number of nitrogens with zero attached hydrogens (tertiary/aromatic N) is 1. The third-order valence-corrected chi connectivity index (χ3v) is 2.10. The number of hydrogen-bond donors (Lipinski definition) is 0. The largest absolute Gasteiger partial charge is 0.465 e. The van der Waals surface area contributed by atoms with E-state index in [0.717, 1.165) is 0 Å². The van der Waals surface area contributed by atoms with E-state index in [0.29, 0.717) is 18.7 Å². The van der Waals surface area contributed by atoms with Crippen LogP contribution in [0.2, 0.25) is 0 Å². The molecule has 0 radical (unpaired) electrons. The Labute approximate surface area is 94.8 Å². The molecule has 0 spiro atoms. The number of benzene rings is 1. The molecule has 0 saturated carbocycles. The highest BCUT2D eigenvalue weighted by atomic mass is 19.1. The molecule has 1 aromatic carbocycles. The average Bonchev–Trinajstić information content (AvgIpc) is 2.21. The van der Waals surface area contributed by atoms with Crippen molar-refractivity contribution in [2.24, 2.45) is 0 Å². The number of esters is 1. The van der Waals surface area contributed by atoms with E-state index in [1.54, 1.807) is 37.1 Å². The number of likely N-dealkylation sites (N-methyl/N-ethyl adjacent to an activating group) is 1. The molecule has 3 nitrogen and oxygen atoms in total. The molecule has 88 valence electrons. The fourth-order valence-corrected chi connectivity index (χ4v) is 1.40. The van der Waals surface area contributed by atoms with Crippen LogP contribution in [0.15, 0.2) is 24.3 Å². The molecule has 0 bridgehead atoms. The number of ether oxygens (including phenoxy) is 1. The summed E-state index contributed by atoms with van der Waals surface area (Å²) >= 11 is 0. The smallest absolute Gasteiger partial charge is 0.320 e. The Balaban J connectivity index is 2.48. The van der Waals surface area contributed by atoms with Gasteiger partial charge >= 0.3 is 5.97 Å². The lowest BCUT2D eigenvalue weighted by molar-refractivity contribution is -0.144. The standard InChI is InChI=1S/C12H16FNO2/c1-3-16-12(15)9-14(2)8-10-6-4-5-7-11(10)13/h4-7H,3,8-9H2,1-2H3. The normalized spacial score (nSPS) is 10.5. The van der Waals surface area contributed by atoms with Gasteiger partial charge in [-0.1, -0.05) is 18.2 Å². The predicted octanol–water partition coefficient (Wildman–Crippen LogP) is 1.82. The highest BCUT2D eigenvalue weighted by Gasteiger charge is 2.09. The number of rotatable bonds is 5. The fraction of sp³-hybridized carbons (Fsp3) is 0.417. The molecule has 16 heavy (non-hydrogen) atoms. The summed E-state index contributed by atoms with van der Waals surface area (Å²) in [6.45, 7) is 2.69. The second-order valence-electron chi connectivity index (χ2n) is 3.57. The van der Waals surface area contributed by atoms with Crippen LogP contribution >= 0.6 is 0 Å². The van der Waals surface area contributed by atoms with E-state index in [1.807, 2.05) is 0 Å². The monoisotopic (exact) mass is 225 g/mol. The zero-order valence-electron chi connectivity index (χ0n) is 9.57. The van der Waals surface area contributed by atoms with Crippen LogP contribution in [-0.2, 0) is 16.1 Å². The van der Waals surface area contributed by atoms with E-state index in [-0.39, 0.29) is 18.3 Å². The van der Waals surface area contributed by atoms with Gasteiger partial charge in [0.2, 0.25) is 0 Å². The van der Waals surface area contributed by atoms with Crippen molar-refractivity contribution in [1.29, 1.82) is 0 Å². The van der Waals surface area contributed by atoms with Crippen molar-refractivity contribution in [3.63, 3.8) is 0 Å². The number of carbonyl (C=O) groups excluding carboxylic acids is 1. The molecule has 0 saturated heterocycles. The zero-order chi connectivity index (χ0) is 12.0. The predicted molar refractivity (Wildman–Crippen MR) is 59.4 cm³/mol. The van der Waals surface area contributed by atoms with Crippen LogP contribution in [0.5, 0.6) is 0 Å². The van der Waals surface area contributed by atoms with Gasteiger partial charge in [0.25, 0.3) is 0 Å². The summed E-state index contributed by atoms with van der Waals surface area (Å²) in [6.07, 6.45) is 0. The SMILES string of the molecule is CCOC(=O)CN(C)Cc1ccccc1F. The third kappa shape index (κ3) is 3.98. The first kappa shape index (κ1) is 12.6. The maximum Gasteiger partial charge on any atom is 0.320 e. The van der Waals surface area contributed by atoms with Gasteiger partial charge < -0.3 is 4.74 Å². The Morgan fingerprint density at radius 1 is 1.44 bits per heavy atom. The lowest BCUT2D eigenvalue weighted by Gasteiger charge is -2.15. The maximum absolute atomic E-state index is 13.3. The van der Waals surface area contributed by atoms with Crippen molar-refractivity contribution in [3.8, 4) is 0 Å². The number of carbonyl (C=O) groups is 1. The van der Waals surface area contributed by atoms with E-state index in [4.69, 9.17) is 4.74 Å². The van der Waals surface area contributed by atoms with Gasteiger partial charge in [0.1, 0.15) is 5.82 Å². The Morgan fingerprint density at radius 3 is 2.75 bits per heavy atom. The molecule has 0 atom stereocenters. The summed E-state index contributed by atoms with van der Waals surface area (Å²) in [6, 6.07) is 6.53. The summed E-state index contributed by atoms with van der Waals surface area (Å²) in [5.74, 6) is -0.542. The molecule has 4 heteroatoms. The van der Waals surface area contributed by atoms with E-state index in [9.17, 15) is 9.18 Å². The third-order valence-electron chi connectivity index (χ3n) is 2.10. The van der Waals surface area contributed by atoms with Gasteiger partial charge in [0.15, 0.2) is 0 Å². The number of halogens is 1. The topological polar surface area (TPSA) is 29.5 Å². The minimum atomic E-state index is -0.290. The molecule has 0 unspecified atom stereocenters. The van der Waals surface area contributed by atoms with Crippen molar-refractivity contribution >= 4 is 5.97 Å². The molecule has 0 heterocycles. The average molecular weight is 225 g/mol. The van der Waals surface area contributed by atoms with Gasteiger partial charge in [0, 0.05) is 12.1 Å². The van der Waals surface area contributed by atoms with Crippen LogP contribution in [0, 0.1) is 5.82 Å². The molecular weight excluding hydrogens is 209 g/mol. The van der Waals surface area contributed by atoms with Gasteiger partial charge in [0.05, 0.1) is 13.2 Å². The maximum atomic E-state index is 13.3. The van der Waals surface area contributed by atoms with Gasteiger partial charge in [-0.3, -0.25) is 9.69 Å². The van der Waals surface area contributed by atoms with Gasteiger partial charge in [-0.15, -0.1) is 0 Å². The van der Waals surface area contributed by atoms with Crippen LogP contribution in [0.25, 0.3) is 0 Å². The van der Waals surface area contributed by atoms with Crippen LogP contribution in [0.4, 0.5) is 4.39 Å². The van der Waals surface area contributed by atoms with Crippen LogP contribution in [0.3, 0.4) is 0 Å². The molecule has 0 N–H and O–H groups in total. The second kappa shape index (κ2) is 6.23. The fourth-order valence-electron chi connectivity index (χ4n) is 1.40. The quantitative estimate of drug-likeness (QED) is 0.716. The van der Waals surface area contributed by atoms with Crippen LogP contribution in [0.1, 0.15) is 12.5 Å². The first-order valence-corrected chi connectivity index (χ1v) is 5.21. The molecule has 0 fully saturated rings. The highest BCUT2D eigenvalue weighted by Crippen LogP contribution is 2.08. The minimum Gasteiger partial charge on any atom is -0.465 e. The first-order valence-electron chi connectivity index (χ1n) is 5.21. The lowest BCUT2D eigenvalue weighted by Crippen LogP contribution is -2.27. The zero-order valence-corrected chi connectivity index (χ0v) is 9.57. The summed E-state index contributed by atoms with van der Waals surface area (Å²) in [7, 11) is 1.75. The minimum absolute atomic E-state index is 0.169. The summed E-state index contributed by atoms with van der Waals surface area (Å²) in [4.78, 5) is 12.9. The van der Waals surface area contributed by atoms with Crippen LogP contribution < -0.4 is 0 Å². The van der Waals surface area contributed by atoms with Crippen molar-refractivity contribution in [2.45, 2.75) is 13.5 Å². The van der Waals surface area contributed by atoms with E-state index in [1.165, 1.54) is 6.07 Å². The molecule has 0 aromatic heterocycles. The molecule has 0 aliphatic rings. The van der Waals surface area contributed by atoms with Gasteiger partial charge in [-0.05, 0) is 20.0 Å².